The first-order valence-corrected chi connectivity index (χ1v) is 9.09. The molecule has 0 radical (unpaired) electrons. The van der Waals surface area contributed by atoms with Crippen molar-refractivity contribution < 1.29 is 14.9 Å². The number of likely N-dealkylation sites (tertiary alicyclic amines) is 1. The Kier molecular flexibility index (Phi) is 4.80. The fourth-order valence-electron chi connectivity index (χ4n) is 4.11. The molecule has 2 aliphatic heterocycles. The van der Waals surface area contributed by atoms with Crippen molar-refractivity contribution in [3.8, 4) is 0 Å². The van der Waals surface area contributed by atoms with Crippen molar-refractivity contribution in [2.75, 3.05) is 31.9 Å². The van der Waals surface area contributed by atoms with Crippen LogP contribution in [-0.2, 0) is 4.74 Å². The van der Waals surface area contributed by atoms with Crippen molar-refractivity contribution in [1.82, 2.24) is 19.4 Å². The van der Waals surface area contributed by atoms with Crippen molar-refractivity contribution in [3.05, 3.63) is 18.6 Å². The Morgan fingerprint density at radius 2 is 2.12 bits per heavy atom. The number of ether oxygens (including phenoxy) is 1. The predicted molar refractivity (Wildman–Crippen MR) is 96.1 cm³/mol. The molecule has 0 spiro atoms. The van der Waals surface area contributed by atoms with Crippen LogP contribution >= 0.6 is 0 Å². The highest BCUT2D eigenvalue weighted by atomic mass is 16.6. The van der Waals surface area contributed by atoms with Crippen molar-refractivity contribution in [2.45, 2.75) is 37.4 Å². The Labute approximate surface area is 151 Å². The van der Waals surface area contributed by atoms with Gasteiger partial charge in [-0.05, 0) is 37.9 Å². The zero-order chi connectivity index (χ0) is 18.3. The molecule has 9 nitrogen and oxygen atoms in total. The lowest BCUT2D eigenvalue weighted by molar-refractivity contribution is -0.0423. The summed E-state index contributed by atoms with van der Waals surface area (Å²) < 4.78 is 7.74. The highest BCUT2D eigenvalue weighted by Crippen LogP contribution is 2.33. The summed E-state index contributed by atoms with van der Waals surface area (Å²) in [7, 11) is 0. The normalized spacial score (nSPS) is 32.7. The molecule has 0 aliphatic carbocycles. The first-order chi connectivity index (χ1) is 12.6. The van der Waals surface area contributed by atoms with Crippen molar-refractivity contribution >= 4 is 16.9 Å². The third-order valence-electron chi connectivity index (χ3n) is 5.53. The van der Waals surface area contributed by atoms with E-state index in [1.165, 1.54) is 6.33 Å². The lowest BCUT2D eigenvalue weighted by Crippen LogP contribution is -2.39. The van der Waals surface area contributed by atoms with Crippen LogP contribution in [0.3, 0.4) is 0 Å². The van der Waals surface area contributed by atoms with Crippen molar-refractivity contribution in [1.29, 1.82) is 0 Å². The SMILES string of the molecule is NCCC1CCN(C[C@H]2O[C@@H](n3ccc4c(N)ncnc43)[C@H](O)[C@@H]2O)C1. The van der Waals surface area contributed by atoms with E-state index in [1.54, 1.807) is 16.8 Å². The number of rotatable bonds is 5. The van der Waals surface area contributed by atoms with Crippen molar-refractivity contribution in [2.24, 2.45) is 11.7 Å². The minimum absolute atomic E-state index is 0.376. The monoisotopic (exact) mass is 362 g/mol. The Balaban J connectivity index is 1.48. The van der Waals surface area contributed by atoms with Gasteiger partial charge < -0.3 is 35.9 Å². The number of hydrogen-bond acceptors (Lipinski definition) is 8. The quantitative estimate of drug-likeness (QED) is 0.548. The topological polar surface area (TPSA) is 136 Å². The van der Waals surface area contributed by atoms with E-state index >= 15 is 0 Å². The molecule has 2 fully saturated rings. The van der Waals surface area contributed by atoms with Gasteiger partial charge in [0.1, 0.15) is 36.1 Å². The van der Waals surface area contributed by atoms with Gasteiger partial charge in [0.2, 0.25) is 0 Å². The molecule has 9 heteroatoms. The third kappa shape index (κ3) is 3.06. The smallest absolute Gasteiger partial charge is 0.164 e. The van der Waals surface area contributed by atoms with Crippen LogP contribution in [0.1, 0.15) is 19.1 Å². The summed E-state index contributed by atoms with van der Waals surface area (Å²) in [6.45, 7) is 3.22. The standard InChI is InChI=1S/C17H26N6O3/c18-4-1-10-2-5-22(7-10)8-12-13(24)14(25)17(26-12)23-6-3-11-15(19)20-9-21-16(11)23/h3,6,9-10,12-14,17,24-25H,1-2,4-5,7-8,18H2,(H2,19,20,21)/t10?,12-,13-,14-,17-/m1/s1. The van der Waals surface area contributed by atoms with E-state index in [4.69, 9.17) is 16.2 Å². The molecule has 1 unspecified atom stereocenters. The third-order valence-corrected chi connectivity index (χ3v) is 5.53. The van der Waals surface area contributed by atoms with Crippen molar-refractivity contribution in [3.63, 3.8) is 0 Å². The van der Waals surface area contributed by atoms with Gasteiger partial charge in [0.05, 0.1) is 5.39 Å². The molecule has 2 aromatic rings. The van der Waals surface area contributed by atoms with E-state index in [9.17, 15) is 10.2 Å². The largest absolute Gasteiger partial charge is 0.387 e. The molecule has 4 rings (SSSR count). The number of anilines is 1. The molecule has 2 saturated heterocycles. The molecule has 0 amide bonds. The van der Waals surface area contributed by atoms with Crippen LogP contribution in [0.2, 0.25) is 0 Å². The first kappa shape index (κ1) is 17.6. The maximum absolute atomic E-state index is 10.5. The fraction of sp³-hybridized carbons (Fsp3) is 0.647. The van der Waals surface area contributed by atoms with Gasteiger partial charge in [0, 0.05) is 19.3 Å². The number of nitrogen functional groups attached to an aromatic ring is 1. The molecule has 0 saturated carbocycles. The minimum atomic E-state index is -1.03. The van der Waals surface area contributed by atoms with Crippen LogP contribution in [-0.4, -0.2) is 74.1 Å². The van der Waals surface area contributed by atoms with Gasteiger partial charge in [-0.3, -0.25) is 0 Å². The fourth-order valence-corrected chi connectivity index (χ4v) is 4.11. The molecule has 0 bridgehead atoms. The Hall–Kier alpha value is -1.78. The molecular weight excluding hydrogens is 336 g/mol. The zero-order valence-electron chi connectivity index (χ0n) is 14.6. The number of aliphatic hydroxyl groups excluding tert-OH is 2. The number of fused-ring (bicyclic) bond motifs is 1. The van der Waals surface area contributed by atoms with Gasteiger partial charge in [0.15, 0.2) is 6.23 Å². The van der Waals surface area contributed by atoms with E-state index in [0.29, 0.717) is 35.9 Å². The highest BCUT2D eigenvalue weighted by Gasteiger charge is 2.45. The molecule has 4 heterocycles. The van der Waals surface area contributed by atoms with Crippen LogP contribution < -0.4 is 11.5 Å². The zero-order valence-corrected chi connectivity index (χ0v) is 14.6. The minimum Gasteiger partial charge on any atom is -0.387 e. The van der Waals surface area contributed by atoms with E-state index in [1.807, 2.05) is 0 Å². The second kappa shape index (κ2) is 7.09. The second-order valence-corrected chi connectivity index (χ2v) is 7.26. The summed E-state index contributed by atoms with van der Waals surface area (Å²) in [5, 5.41) is 21.7. The van der Waals surface area contributed by atoms with Gasteiger partial charge in [-0.15, -0.1) is 0 Å². The van der Waals surface area contributed by atoms with E-state index in [2.05, 4.69) is 14.9 Å². The number of aliphatic hydroxyl groups is 2. The maximum atomic E-state index is 10.5. The summed E-state index contributed by atoms with van der Waals surface area (Å²) in [4.78, 5) is 10.5. The summed E-state index contributed by atoms with van der Waals surface area (Å²) in [6, 6.07) is 1.79. The lowest BCUT2D eigenvalue weighted by Gasteiger charge is -2.22. The van der Waals surface area contributed by atoms with Gasteiger partial charge in [-0.1, -0.05) is 0 Å². The average molecular weight is 362 g/mol. The van der Waals surface area contributed by atoms with Gasteiger partial charge >= 0.3 is 0 Å². The second-order valence-electron chi connectivity index (χ2n) is 7.26. The van der Waals surface area contributed by atoms with Crippen LogP contribution in [0.5, 0.6) is 0 Å². The molecule has 26 heavy (non-hydrogen) atoms. The molecule has 2 aromatic heterocycles. The highest BCUT2D eigenvalue weighted by molar-refractivity contribution is 5.86. The summed E-state index contributed by atoms with van der Waals surface area (Å²) >= 11 is 0. The average Bonchev–Trinajstić information content (AvgIpc) is 3.31. The summed E-state index contributed by atoms with van der Waals surface area (Å²) in [5.41, 5.74) is 12.1. The predicted octanol–water partition coefficient (Wildman–Crippen LogP) is -0.697. The Bertz CT molecular complexity index is 768. The van der Waals surface area contributed by atoms with E-state index in [0.717, 1.165) is 25.9 Å². The number of hydrogen-bond donors (Lipinski definition) is 4. The Morgan fingerprint density at radius 1 is 1.27 bits per heavy atom. The Morgan fingerprint density at radius 3 is 2.92 bits per heavy atom. The van der Waals surface area contributed by atoms with Crippen LogP contribution in [0, 0.1) is 5.92 Å². The summed E-state index contributed by atoms with van der Waals surface area (Å²) in [6.07, 6.45) is 2.13. The van der Waals surface area contributed by atoms with E-state index in [-0.39, 0.29) is 0 Å². The van der Waals surface area contributed by atoms with Gasteiger partial charge in [-0.2, -0.15) is 0 Å². The van der Waals surface area contributed by atoms with Gasteiger partial charge in [0.25, 0.3) is 0 Å². The maximum Gasteiger partial charge on any atom is 0.164 e. The van der Waals surface area contributed by atoms with E-state index < -0.39 is 24.5 Å². The number of nitrogens with zero attached hydrogens (tertiary/aromatic N) is 4. The molecular formula is C17H26N6O3. The number of nitrogens with two attached hydrogens (primary N) is 2. The molecule has 2 aliphatic rings. The summed E-state index contributed by atoms with van der Waals surface area (Å²) in [5.74, 6) is 0.980. The lowest BCUT2D eigenvalue weighted by atomic mass is 10.1. The van der Waals surface area contributed by atoms with Crippen LogP contribution in [0.15, 0.2) is 18.6 Å². The molecule has 0 aromatic carbocycles. The van der Waals surface area contributed by atoms with Crippen LogP contribution in [0.25, 0.3) is 11.0 Å². The van der Waals surface area contributed by atoms with Gasteiger partial charge in [-0.25, -0.2) is 9.97 Å². The molecule has 5 atom stereocenters. The molecule has 142 valence electrons. The molecule has 6 N–H and O–H groups in total. The van der Waals surface area contributed by atoms with Crippen LogP contribution in [0.4, 0.5) is 5.82 Å². The first-order valence-electron chi connectivity index (χ1n) is 9.09. The number of aromatic nitrogens is 3.